The molecule has 0 saturated carbocycles. The molecule has 0 unspecified atom stereocenters. The van der Waals surface area contributed by atoms with E-state index in [1.165, 1.54) is 0 Å². The van der Waals surface area contributed by atoms with E-state index in [-0.39, 0.29) is 12.5 Å². The normalized spacial score (nSPS) is 14.5. The lowest BCUT2D eigenvalue weighted by molar-refractivity contribution is -0.138. The molecule has 7 heteroatoms. The van der Waals surface area contributed by atoms with Crippen LogP contribution in [-0.2, 0) is 14.9 Å². The van der Waals surface area contributed by atoms with Crippen molar-refractivity contribution in [2.75, 3.05) is 35.3 Å². The van der Waals surface area contributed by atoms with Crippen molar-refractivity contribution in [3.05, 3.63) is 53.6 Å². The van der Waals surface area contributed by atoms with Crippen LogP contribution in [0.5, 0.6) is 0 Å². The molecular weight excluding hydrogens is 418 g/mol. The first-order valence-electron chi connectivity index (χ1n) is 11.5. The van der Waals surface area contributed by atoms with Gasteiger partial charge in [0.25, 0.3) is 0 Å². The number of carboxylic acid groups (broad SMARTS) is 1. The van der Waals surface area contributed by atoms with Crippen LogP contribution < -0.4 is 15.5 Å². The molecule has 0 radical (unpaired) electrons. The van der Waals surface area contributed by atoms with E-state index < -0.39 is 11.4 Å². The van der Waals surface area contributed by atoms with Crippen molar-refractivity contribution in [2.45, 2.75) is 58.4 Å². The molecule has 0 aliphatic carbocycles. The summed E-state index contributed by atoms with van der Waals surface area (Å²) in [6.45, 7) is 10.1. The third-order valence-corrected chi connectivity index (χ3v) is 6.21. The number of aliphatic carboxylic acids is 1. The summed E-state index contributed by atoms with van der Waals surface area (Å²) in [6, 6.07) is 13.5. The molecule has 1 aliphatic heterocycles. The molecular formula is C26H35N3O4. The summed E-state index contributed by atoms with van der Waals surface area (Å²) in [5.74, 6) is -0.854. The molecule has 0 spiro atoms. The van der Waals surface area contributed by atoms with Gasteiger partial charge >= 0.3 is 12.0 Å². The first-order valence-corrected chi connectivity index (χ1v) is 11.5. The van der Waals surface area contributed by atoms with Gasteiger partial charge in [-0.2, -0.15) is 0 Å². The maximum atomic E-state index is 12.9. The van der Waals surface area contributed by atoms with Crippen molar-refractivity contribution in [3.8, 4) is 0 Å². The Morgan fingerprint density at radius 2 is 1.76 bits per heavy atom. The minimum Gasteiger partial charge on any atom is -0.481 e. The van der Waals surface area contributed by atoms with Crippen LogP contribution in [0.3, 0.4) is 0 Å². The maximum Gasteiger partial charge on any atom is 0.323 e. The van der Waals surface area contributed by atoms with Gasteiger partial charge < -0.3 is 25.4 Å². The molecule has 178 valence electrons. The minimum atomic E-state index is -0.854. The Morgan fingerprint density at radius 1 is 1.09 bits per heavy atom. The number of aryl methyl sites for hydroxylation is 1. The van der Waals surface area contributed by atoms with Crippen LogP contribution in [0.2, 0.25) is 0 Å². The fourth-order valence-electron chi connectivity index (χ4n) is 4.33. The average molecular weight is 454 g/mol. The monoisotopic (exact) mass is 453 g/mol. The van der Waals surface area contributed by atoms with Crippen LogP contribution >= 0.6 is 0 Å². The molecule has 0 bridgehead atoms. The third kappa shape index (κ3) is 6.48. The van der Waals surface area contributed by atoms with Crippen LogP contribution in [0.1, 0.15) is 51.2 Å². The standard InChI is InChI=1S/C26H35N3O4/c1-5-29(21-12-14-33-15-13-21)23-11-8-19(26(3,4)17-24(30)31)16-22(23)28-25(32)27-20-9-6-18(2)7-10-20/h6-11,16,21H,5,12-15,17H2,1-4H3,(H,30,31)(H2,27,28,32). The number of carbonyl (C=O) groups excluding carboxylic acids is 1. The predicted molar refractivity (Wildman–Crippen MR) is 132 cm³/mol. The van der Waals surface area contributed by atoms with Crippen LogP contribution in [-0.4, -0.2) is 42.9 Å². The summed E-state index contributed by atoms with van der Waals surface area (Å²) in [5, 5.41) is 15.3. The van der Waals surface area contributed by atoms with Crippen molar-refractivity contribution in [1.82, 2.24) is 0 Å². The fourth-order valence-corrected chi connectivity index (χ4v) is 4.33. The zero-order chi connectivity index (χ0) is 24.0. The van der Waals surface area contributed by atoms with E-state index in [1.807, 2.05) is 63.2 Å². The molecule has 0 atom stereocenters. The van der Waals surface area contributed by atoms with Crippen molar-refractivity contribution in [1.29, 1.82) is 0 Å². The number of rotatable bonds is 8. The number of ether oxygens (including phenoxy) is 1. The van der Waals surface area contributed by atoms with E-state index >= 15 is 0 Å². The summed E-state index contributed by atoms with van der Waals surface area (Å²) < 4.78 is 5.54. The molecule has 2 aromatic carbocycles. The third-order valence-electron chi connectivity index (χ3n) is 6.21. The molecule has 1 aliphatic rings. The van der Waals surface area contributed by atoms with Gasteiger partial charge in [0.1, 0.15) is 0 Å². The summed E-state index contributed by atoms with van der Waals surface area (Å²) in [7, 11) is 0. The molecule has 2 aromatic rings. The van der Waals surface area contributed by atoms with E-state index in [9.17, 15) is 14.7 Å². The summed E-state index contributed by atoms with van der Waals surface area (Å²) in [6.07, 6.45) is 1.85. The highest BCUT2D eigenvalue weighted by atomic mass is 16.5. The molecule has 3 N–H and O–H groups in total. The summed E-state index contributed by atoms with van der Waals surface area (Å²) >= 11 is 0. The quantitative estimate of drug-likeness (QED) is 0.498. The lowest BCUT2D eigenvalue weighted by atomic mass is 9.81. The Hall–Kier alpha value is -3.06. The Labute approximate surface area is 196 Å². The molecule has 7 nitrogen and oxygen atoms in total. The molecule has 3 rings (SSSR count). The topological polar surface area (TPSA) is 90.9 Å². The average Bonchev–Trinajstić information content (AvgIpc) is 2.76. The first-order chi connectivity index (χ1) is 15.7. The van der Waals surface area contributed by atoms with E-state index in [1.54, 1.807) is 0 Å². The summed E-state index contributed by atoms with van der Waals surface area (Å²) in [5.41, 5.74) is 3.71. The number of amides is 2. The Morgan fingerprint density at radius 3 is 2.36 bits per heavy atom. The van der Waals surface area contributed by atoms with Gasteiger partial charge in [-0.1, -0.05) is 37.6 Å². The van der Waals surface area contributed by atoms with Crippen molar-refractivity contribution in [2.24, 2.45) is 0 Å². The maximum absolute atomic E-state index is 12.9. The Balaban J connectivity index is 1.93. The number of nitrogens with one attached hydrogen (secondary N) is 2. The molecule has 1 fully saturated rings. The van der Waals surface area contributed by atoms with Gasteiger partial charge in [0, 0.05) is 36.9 Å². The van der Waals surface area contributed by atoms with Gasteiger partial charge in [0.2, 0.25) is 0 Å². The van der Waals surface area contributed by atoms with Gasteiger partial charge in [-0.05, 0) is 56.5 Å². The number of hydrogen-bond acceptors (Lipinski definition) is 4. The lowest BCUT2D eigenvalue weighted by Crippen LogP contribution is -2.40. The van der Waals surface area contributed by atoms with Gasteiger partial charge in [-0.3, -0.25) is 4.79 Å². The van der Waals surface area contributed by atoms with Crippen molar-refractivity contribution >= 4 is 29.1 Å². The SMILES string of the molecule is CCN(c1ccc(C(C)(C)CC(=O)O)cc1NC(=O)Nc1ccc(C)cc1)C1CCOCC1. The zero-order valence-corrected chi connectivity index (χ0v) is 20.0. The van der Waals surface area contributed by atoms with E-state index in [2.05, 4.69) is 22.5 Å². The second kappa shape index (κ2) is 10.7. The van der Waals surface area contributed by atoms with Crippen LogP contribution in [0, 0.1) is 6.92 Å². The number of carbonyl (C=O) groups is 2. The fraction of sp³-hybridized carbons (Fsp3) is 0.462. The smallest absolute Gasteiger partial charge is 0.323 e. The second-order valence-electron chi connectivity index (χ2n) is 9.26. The molecule has 2 amide bonds. The largest absolute Gasteiger partial charge is 0.481 e. The highest BCUT2D eigenvalue weighted by Crippen LogP contribution is 2.36. The predicted octanol–water partition coefficient (Wildman–Crippen LogP) is 5.40. The summed E-state index contributed by atoms with van der Waals surface area (Å²) in [4.78, 5) is 26.6. The van der Waals surface area contributed by atoms with Gasteiger partial charge in [-0.15, -0.1) is 0 Å². The minimum absolute atomic E-state index is 0.00119. The highest BCUT2D eigenvalue weighted by molar-refractivity contribution is 6.02. The Bertz CT molecular complexity index is 966. The van der Waals surface area contributed by atoms with Crippen LogP contribution in [0.25, 0.3) is 0 Å². The number of nitrogens with zero attached hydrogens (tertiary/aromatic N) is 1. The van der Waals surface area contributed by atoms with Crippen LogP contribution in [0.15, 0.2) is 42.5 Å². The number of carboxylic acids is 1. The van der Waals surface area contributed by atoms with Crippen molar-refractivity contribution < 1.29 is 19.4 Å². The van der Waals surface area contributed by atoms with E-state index in [0.29, 0.717) is 17.4 Å². The number of anilines is 3. The highest BCUT2D eigenvalue weighted by Gasteiger charge is 2.28. The van der Waals surface area contributed by atoms with E-state index in [0.717, 1.165) is 49.4 Å². The molecule has 1 saturated heterocycles. The number of hydrogen-bond donors (Lipinski definition) is 3. The van der Waals surface area contributed by atoms with Gasteiger partial charge in [0.05, 0.1) is 17.8 Å². The Kier molecular flexibility index (Phi) is 7.97. The van der Waals surface area contributed by atoms with Gasteiger partial charge in [-0.25, -0.2) is 4.79 Å². The zero-order valence-electron chi connectivity index (χ0n) is 20.0. The molecule has 0 aromatic heterocycles. The second-order valence-corrected chi connectivity index (χ2v) is 9.26. The van der Waals surface area contributed by atoms with Crippen LogP contribution in [0.4, 0.5) is 21.9 Å². The first kappa shape index (κ1) is 24.6. The lowest BCUT2D eigenvalue weighted by Gasteiger charge is -2.37. The molecule has 1 heterocycles. The number of benzene rings is 2. The van der Waals surface area contributed by atoms with Gasteiger partial charge in [0.15, 0.2) is 0 Å². The number of urea groups is 1. The van der Waals surface area contributed by atoms with E-state index in [4.69, 9.17) is 4.74 Å². The van der Waals surface area contributed by atoms with Crippen molar-refractivity contribution in [3.63, 3.8) is 0 Å². The molecule has 33 heavy (non-hydrogen) atoms.